The molecule has 1 aromatic carbocycles. The van der Waals surface area contributed by atoms with Crippen molar-refractivity contribution in [1.29, 1.82) is 0 Å². The predicted octanol–water partition coefficient (Wildman–Crippen LogP) is 2.50. The summed E-state index contributed by atoms with van der Waals surface area (Å²) in [5.74, 6) is 1.31. The maximum Gasteiger partial charge on any atom is 0.137 e. The Morgan fingerprint density at radius 2 is 2.29 bits per heavy atom. The average Bonchev–Trinajstić information content (AvgIpc) is 2.85. The summed E-state index contributed by atoms with van der Waals surface area (Å²) >= 11 is 0. The summed E-state index contributed by atoms with van der Waals surface area (Å²) in [5, 5.41) is 1.20. The van der Waals surface area contributed by atoms with E-state index in [0.29, 0.717) is 11.8 Å². The standard InChI is InChI=1S/C12H13NO/c13-7-9-6-11(9)10-3-1-2-8-4-5-14-12(8)10/h1-5,9,11H,6-7,13H2. The SMILES string of the molecule is NCC1CC1c1cccc2ccoc12. The molecule has 2 N–H and O–H groups in total. The Labute approximate surface area is 82.7 Å². The number of fused-ring (bicyclic) bond motifs is 1. The van der Waals surface area contributed by atoms with Gasteiger partial charge < -0.3 is 10.2 Å². The number of hydrogen-bond acceptors (Lipinski definition) is 2. The molecular weight excluding hydrogens is 174 g/mol. The Balaban J connectivity index is 2.08. The molecule has 1 fully saturated rings. The summed E-state index contributed by atoms with van der Waals surface area (Å²) in [5.41, 5.74) is 8.04. The molecule has 1 saturated carbocycles. The molecule has 2 unspecified atom stereocenters. The van der Waals surface area contributed by atoms with Crippen molar-refractivity contribution in [3.63, 3.8) is 0 Å². The van der Waals surface area contributed by atoms with E-state index in [1.807, 2.05) is 6.07 Å². The third-order valence-electron chi connectivity index (χ3n) is 3.13. The number of furan rings is 1. The highest BCUT2D eigenvalue weighted by Gasteiger charge is 2.38. The van der Waals surface area contributed by atoms with Crippen LogP contribution in [0, 0.1) is 5.92 Å². The second-order valence-corrected chi connectivity index (χ2v) is 4.02. The van der Waals surface area contributed by atoms with Gasteiger partial charge >= 0.3 is 0 Å². The van der Waals surface area contributed by atoms with Crippen LogP contribution in [0.2, 0.25) is 0 Å². The molecule has 2 nitrogen and oxygen atoms in total. The van der Waals surface area contributed by atoms with Crippen LogP contribution >= 0.6 is 0 Å². The lowest BCUT2D eigenvalue weighted by Gasteiger charge is -1.99. The molecule has 72 valence electrons. The van der Waals surface area contributed by atoms with Gasteiger partial charge in [-0.1, -0.05) is 18.2 Å². The van der Waals surface area contributed by atoms with Crippen molar-refractivity contribution < 1.29 is 4.42 Å². The Morgan fingerprint density at radius 1 is 1.36 bits per heavy atom. The van der Waals surface area contributed by atoms with Gasteiger partial charge in [-0.2, -0.15) is 0 Å². The van der Waals surface area contributed by atoms with Crippen molar-refractivity contribution >= 4 is 11.0 Å². The van der Waals surface area contributed by atoms with Crippen molar-refractivity contribution in [2.45, 2.75) is 12.3 Å². The normalized spacial score (nSPS) is 25.5. The van der Waals surface area contributed by atoms with Gasteiger partial charge in [0, 0.05) is 5.39 Å². The number of hydrogen-bond donors (Lipinski definition) is 1. The topological polar surface area (TPSA) is 39.2 Å². The van der Waals surface area contributed by atoms with Crippen LogP contribution in [-0.2, 0) is 0 Å². The fourth-order valence-electron chi connectivity index (χ4n) is 2.20. The van der Waals surface area contributed by atoms with Gasteiger partial charge in [-0.05, 0) is 36.4 Å². The third-order valence-corrected chi connectivity index (χ3v) is 3.13. The van der Waals surface area contributed by atoms with E-state index in [1.54, 1.807) is 6.26 Å². The zero-order chi connectivity index (χ0) is 9.54. The Morgan fingerprint density at radius 3 is 3.07 bits per heavy atom. The number of para-hydroxylation sites is 1. The molecule has 2 atom stereocenters. The summed E-state index contributed by atoms with van der Waals surface area (Å²) in [6.45, 7) is 0.793. The van der Waals surface area contributed by atoms with Crippen LogP contribution < -0.4 is 5.73 Å². The first-order valence-corrected chi connectivity index (χ1v) is 5.06. The van der Waals surface area contributed by atoms with E-state index in [1.165, 1.54) is 17.4 Å². The quantitative estimate of drug-likeness (QED) is 0.784. The largest absolute Gasteiger partial charge is 0.464 e. The molecular formula is C12H13NO. The molecule has 2 heteroatoms. The second-order valence-electron chi connectivity index (χ2n) is 4.02. The van der Waals surface area contributed by atoms with E-state index in [0.717, 1.165) is 12.1 Å². The molecule has 1 aromatic heterocycles. The first-order chi connectivity index (χ1) is 6.90. The molecule has 1 heterocycles. The Hall–Kier alpha value is -1.28. The Bertz CT molecular complexity index is 460. The lowest BCUT2D eigenvalue weighted by atomic mass is 10.1. The minimum atomic E-state index is 0.634. The maximum atomic E-state index is 5.65. The maximum absolute atomic E-state index is 5.65. The van der Waals surface area contributed by atoms with E-state index in [4.69, 9.17) is 10.2 Å². The van der Waals surface area contributed by atoms with E-state index in [-0.39, 0.29) is 0 Å². The molecule has 0 spiro atoms. The molecule has 0 amide bonds. The monoisotopic (exact) mass is 187 g/mol. The summed E-state index contributed by atoms with van der Waals surface area (Å²) in [6, 6.07) is 8.35. The minimum Gasteiger partial charge on any atom is -0.464 e. The lowest BCUT2D eigenvalue weighted by Crippen LogP contribution is -2.01. The molecule has 0 radical (unpaired) electrons. The molecule has 2 aromatic rings. The number of benzene rings is 1. The van der Waals surface area contributed by atoms with Gasteiger partial charge in [-0.3, -0.25) is 0 Å². The summed E-state index contributed by atoms with van der Waals surface area (Å²) < 4.78 is 5.50. The first kappa shape index (κ1) is 8.06. The van der Waals surface area contributed by atoms with E-state index in [2.05, 4.69) is 18.2 Å². The van der Waals surface area contributed by atoms with Gasteiger partial charge in [0.05, 0.1) is 6.26 Å². The van der Waals surface area contributed by atoms with E-state index < -0.39 is 0 Å². The average molecular weight is 187 g/mol. The molecule has 14 heavy (non-hydrogen) atoms. The molecule has 1 aliphatic rings. The van der Waals surface area contributed by atoms with Crippen LogP contribution in [0.15, 0.2) is 34.9 Å². The lowest BCUT2D eigenvalue weighted by molar-refractivity contribution is 0.609. The highest BCUT2D eigenvalue weighted by molar-refractivity contribution is 5.81. The zero-order valence-corrected chi connectivity index (χ0v) is 7.94. The highest BCUT2D eigenvalue weighted by atomic mass is 16.3. The van der Waals surface area contributed by atoms with Crippen molar-refractivity contribution in [2.24, 2.45) is 11.7 Å². The van der Waals surface area contributed by atoms with Crippen molar-refractivity contribution in [3.05, 3.63) is 36.1 Å². The van der Waals surface area contributed by atoms with E-state index >= 15 is 0 Å². The fourth-order valence-corrected chi connectivity index (χ4v) is 2.20. The minimum absolute atomic E-state index is 0.634. The van der Waals surface area contributed by atoms with Gasteiger partial charge in [0.25, 0.3) is 0 Å². The fraction of sp³-hybridized carbons (Fsp3) is 0.333. The van der Waals surface area contributed by atoms with E-state index in [9.17, 15) is 0 Å². The van der Waals surface area contributed by atoms with Crippen LogP contribution in [-0.4, -0.2) is 6.54 Å². The summed E-state index contributed by atoms with van der Waals surface area (Å²) in [6.07, 6.45) is 2.98. The zero-order valence-electron chi connectivity index (χ0n) is 7.94. The highest BCUT2D eigenvalue weighted by Crippen LogP contribution is 2.48. The molecule has 0 aliphatic heterocycles. The van der Waals surface area contributed by atoms with Gasteiger partial charge in [0.1, 0.15) is 5.58 Å². The first-order valence-electron chi connectivity index (χ1n) is 5.06. The number of nitrogens with two attached hydrogens (primary N) is 1. The van der Waals surface area contributed by atoms with Crippen LogP contribution in [0.5, 0.6) is 0 Å². The summed E-state index contributed by atoms with van der Waals surface area (Å²) in [4.78, 5) is 0. The van der Waals surface area contributed by atoms with Crippen LogP contribution in [0.25, 0.3) is 11.0 Å². The van der Waals surface area contributed by atoms with Crippen molar-refractivity contribution in [2.75, 3.05) is 6.54 Å². The van der Waals surface area contributed by atoms with Crippen molar-refractivity contribution in [1.82, 2.24) is 0 Å². The van der Waals surface area contributed by atoms with Crippen LogP contribution in [0.1, 0.15) is 17.9 Å². The smallest absolute Gasteiger partial charge is 0.137 e. The summed E-state index contributed by atoms with van der Waals surface area (Å²) in [7, 11) is 0. The predicted molar refractivity (Wildman–Crippen MR) is 56.1 cm³/mol. The second kappa shape index (κ2) is 2.85. The molecule has 0 bridgehead atoms. The van der Waals surface area contributed by atoms with Crippen molar-refractivity contribution in [3.8, 4) is 0 Å². The molecule has 3 rings (SSSR count). The van der Waals surface area contributed by atoms with Gasteiger partial charge in [0.15, 0.2) is 0 Å². The molecule has 0 saturated heterocycles. The van der Waals surface area contributed by atoms with Gasteiger partial charge in [-0.15, -0.1) is 0 Å². The van der Waals surface area contributed by atoms with Crippen LogP contribution in [0.3, 0.4) is 0 Å². The van der Waals surface area contributed by atoms with Gasteiger partial charge in [-0.25, -0.2) is 0 Å². The number of rotatable bonds is 2. The Kier molecular flexibility index (Phi) is 1.64. The molecule has 1 aliphatic carbocycles. The third kappa shape index (κ3) is 1.07. The van der Waals surface area contributed by atoms with Crippen LogP contribution in [0.4, 0.5) is 0 Å². The van der Waals surface area contributed by atoms with Gasteiger partial charge in [0.2, 0.25) is 0 Å².